The van der Waals surface area contributed by atoms with E-state index in [1.54, 1.807) is 23.0 Å². The van der Waals surface area contributed by atoms with Crippen molar-refractivity contribution in [1.29, 1.82) is 0 Å². The van der Waals surface area contributed by atoms with Crippen LogP contribution in [0, 0.1) is 0 Å². The van der Waals surface area contributed by atoms with Gasteiger partial charge in [0.25, 0.3) is 5.56 Å². The van der Waals surface area contributed by atoms with Crippen molar-refractivity contribution in [3.8, 4) is 5.82 Å². The van der Waals surface area contributed by atoms with Gasteiger partial charge in [0.2, 0.25) is 0 Å². The lowest BCUT2D eigenvalue weighted by atomic mass is 10.5. The Morgan fingerprint density at radius 2 is 2.15 bits per heavy atom. The van der Waals surface area contributed by atoms with E-state index in [-0.39, 0.29) is 5.56 Å². The van der Waals surface area contributed by atoms with Crippen molar-refractivity contribution in [2.24, 2.45) is 0 Å². The lowest BCUT2D eigenvalue weighted by Gasteiger charge is -2.01. The second-order valence-corrected chi connectivity index (χ2v) is 2.37. The van der Waals surface area contributed by atoms with Crippen LogP contribution in [0.1, 0.15) is 0 Å². The summed E-state index contributed by atoms with van der Waals surface area (Å²) >= 11 is 0. The topological polar surface area (TPSA) is 60.7 Å². The minimum atomic E-state index is -0.259. The summed E-state index contributed by atoms with van der Waals surface area (Å²) in [5.74, 6) is 0.683. The fourth-order valence-corrected chi connectivity index (χ4v) is 0.917. The maximum absolute atomic E-state index is 10.7. The van der Waals surface area contributed by atoms with E-state index in [1.807, 2.05) is 0 Å². The molecule has 13 heavy (non-hydrogen) atoms. The van der Waals surface area contributed by atoms with Gasteiger partial charge in [-0.2, -0.15) is 4.98 Å². The summed E-state index contributed by atoms with van der Waals surface area (Å²) in [5, 5.41) is 0. The number of aromatic nitrogens is 4. The highest BCUT2D eigenvalue weighted by atomic mass is 16.1. The van der Waals surface area contributed by atoms with Gasteiger partial charge >= 0.3 is 0 Å². The van der Waals surface area contributed by atoms with Gasteiger partial charge in [-0.25, -0.2) is 9.97 Å². The summed E-state index contributed by atoms with van der Waals surface area (Å²) in [6.07, 6.45) is 6.09. The van der Waals surface area contributed by atoms with Crippen molar-refractivity contribution in [2.45, 2.75) is 0 Å². The molecule has 64 valence electrons. The first kappa shape index (κ1) is 7.60. The Labute approximate surface area is 73.7 Å². The van der Waals surface area contributed by atoms with Crippen LogP contribution in [0.25, 0.3) is 5.82 Å². The van der Waals surface area contributed by atoms with Crippen LogP contribution >= 0.6 is 0 Å². The average molecular weight is 174 g/mol. The molecule has 0 aliphatic rings. The SMILES string of the molecule is O=c1ccn(-c2ccncn2)cn1. The highest BCUT2D eigenvalue weighted by Crippen LogP contribution is 1.97. The number of hydrogen-bond acceptors (Lipinski definition) is 4. The summed E-state index contributed by atoms with van der Waals surface area (Å²) in [4.78, 5) is 22.1. The standard InChI is InChI=1S/C8H6N4O/c13-8-2-4-12(6-11-8)7-1-3-9-5-10-7/h1-6H. The van der Waals surface area contributed by atoms with Crippen LogP contribution in [-0.2, 0) is 0 Å². The molecule has 0 aromatic carbocycles. The van der Waals surface area contributed by atoms with Crippen molar-refractivity contribution in [3.63, 3.8) is 0 Å². The molecule has 0 aliphatic heterocycles. The largest absolute Gasteiger partial charge is 0.292 e. The van der Waals surface area contributed by atoms with Gasteiger partial charge in [-0.05, 0) is 6.07 Å². The van der Waals surface area contributed by atoms with Crippen LogP contribution in [-0.4, -0.2) is 19.5 Å². The van der Waals surface area contributed by atoms with Gasteiger partial charge in [0.15, 0.2) is 0 Å². The zero-order valence-corrected chi connectivity index (χ0v) is 6.66. The first-order valence-corrected chi connectivity index (χ1v) is 3.67. The zero-order chi connectivity index (χ0) is 9.10. The van der Waals surface area contributed by atoms with Gasteiger partial charge in [0.05, 0.1) is 0 Å². The van der Waals surface area contributed by atoms with E-state index < -0.39 is 0 Å². The Kier molecular flexibility index (Phi) is 1.84. The minimum Gasteiger partial charge on any atom is -0.292 e. The van der Waals surface area contributed by atoms with Crippen molar-refractivity contribution >= 4 is 0 Å². The molecule has 0 unspecified atom stereocenters. The van der Waals surface area contributed by atoms with Gasteiger partial charge in [0.1, 0.15) is 18.5 Å². The minimum absolute atomic E-state index is 0.259. The van der Waals surface area contributed by atoms with Gasteiger partial charge in [-0.15, -0.1) is 0 Å². The molecule has 0 N–H and O–H groups in total. The van der Waals surface area contributed by atoms with Gasteiger partial charge in [0, 0.05) is 18.5 Å². The van der Waals surface area contributed by atoms with E-state index in [4.69, 9.17) is 0 Å². The maximum Gasteiger partial charge on any atom is 0.272 e. The molecule has 2 heterocycles. The third-order valence-corrected chi connectivity index (χ3v) is 1.52. The number of nitrogens with zero attached hydrogens (tertiary/aromatic N) is 4. The molecule has 0 bridgehead atoms. The summed E-state index contributed by atoms with van der Waals surface area (Å²) in [7, 11) is 0. The average Bonchev–Trinajstić information content (AvgIpc) is 2.20. The summed E-state index contributed by atoms with van der Waals surface area (Å²) < 4.78 is 1.64. The molecule has 2 aromatic heterocycles. The van der Waals surface area contributed by atoms with Crippen LogP contribution in [0.2, 0.25) is 0 Å². The maximum atomic E-state index is 10.7. The highest BCUT2D eigenvalue weighted by Gasteiger charge is 1.93. The Bertz CT molecular complexity index is 431. The van der Waals surface area contributed by atoms with Crippen LogP contribution in [0.4, 0.5) is 0 Å². The predicted molar refractivity (Wildman–Crippen MR) is 45.4 cm³/mol. The molecule has 5 nitrogen and oxygen atoms in total. The van der Waals surface area contributed by atoms with E-state index in [2.05, 4.69) is 15.0 Å². The van der Waals surface area contributed by atoms with Gasteiger partial charge in [-0.1, -0.05) is 0 Å². The fourth-order valence-electron chi connectivity index (χ4n) is 0.917. The summed E-state index contributed by atoms with van der Waals surface area (Å²) in [5.41, 5.74) is -0.259. The Hall–Kier alpha value is -2.04. The monoisotopic (exact) mass is 174 g/mol. The molecule has 2 rings (SSSR count). The smallest absolute Gasteiger partial charge is 0.272 e. The molecular weight excluding hydrogens is 168 g/mol. The molecule has 0 atom stereocenters. The molecule has 0 aliphatic carbocycles. The molecule has 0 saturated carbocycles. The number of hydrogen-bond donors (Lipinski definition) is 0. The normalized spacial score (nSPS) is 9.85. The Morgan fingerprint density at radius 1 is 1.23 bits per heavy atom. The third kappa shape index (κ3) is 1.58. The second kappa shape index (κ2) is 3.14. The molecule has 0 amide bonds. The number of rotatable bonds is 1. The fraction of sp³-hybridized carbons (Fsp3) is 0. The molecule has 0 radical (unpaired) electrons. The van der Waals surface area contributed by atoms with E-state index in [0.717, 1.165) is 0 Å². The third-order valence-electron chi connectivity index (χ3n) is 1.52. The van der Waals surface area contributed by atoms with E-state index >= 15 is 0 Å². The van der Waals surface area contributed by atoms with E-state index in [0.29, 0.717) is 5.82 Å². The van der Waals surface area contributed by atoms with Crippen molar-refractivity contribution in [1.82, 2.24) is 19.5 Å². The zero-order valence-electron chi connectivity index (χ0n) is 6.66. The Morgan fingerprint density at radius 3 is 2.77 bits per heavy atom. The first-order chi connectivity index (χ1) is 6.36. The lowest BCUT2D eigenvalue weighted by molar-refractivity contribution is 0.912. The van der Waals surface area contributed by atoms with Crippen LogP contribution in [0.3, 0.4) is 0 Å². The van der Waals surface area contributed by atoms with Crippen molar-refractivity contribution in [2.75, 3.05) is 0 Å². The van der Waals surface area contributed by atoms with E-state index in [9.17, 15) is 4.79 Å². The second-order valence-electron chi connectivity index (χ2n) is 2.37. The van der Waals surface area contributed by atoms with Crippen molar-refractivity contribution in [3.05, 3.63) is 47.5 Å². The molecule has 0 saturated heterocycles. The first-order valence-electron chi connectivity index (χ1n) is 3.67. The summed E-state index contributed by atoms with van der Waals surface area (Å²) in [6.45, 7) is 0. The molecule has 2 aromatic rings. The van der Waals surface area contributed by atoms with Crippen LogP contribution in [0.15, 0.2) is 42.0 Å². The quantitative estimate of drug-likeness (QED) is 0.611. The Balaban J connectivity index is 2.48. The van der Waals surface area contributed by atoms with Crippen LogP contribution < -0.4 is 5.56 Å². The molecule has 0 spiro atoms. The molecule has 5 heteroatoms. The van der Waals surface area contributed by atoms with E-state index in [1.165, 1.54) is 18.7 Å². The van der Waals surface area contributed by atoms with Gasteiger partial charge < -0.3 is 0 Å². The lowest BCUT2D eigenvalue weighted by Crippen LogP contribution is -2.08. The predicted octanol–water partition coefficient (Wildman–Crippen LogP) is 0.0225. The molecule has 0 fully saturated rings. The van der Waals surface area contributed by atoms with Gasteiger partial charge in [-0.3, -0.25) is 9.36 Å². The summed E-state index contributed by atoms with van der Waals surface area (Å²) in [6, 6.07) is 3.11. The van der Waals surface area contributed by atoms with Crippen LogP contribution in [0.5, 0.6) is 0 Å². The molecular formula is C8H6N4O. The highest BCUT2D eigenvalue weighted by molar-refractivity contribution is 5.17. The van der Waals surface area contributed by atoms with Crippen molar-refractivity contribution < 1.29 is 0 Å².